The number of aryl methyl sites for hydroxylation is 1. The van der Waals surface area contributed by atoms with Crippen LogP contribution in [0.4, 0.5) is 13.8 Å². The van der Waals surface area contributed by atoms with Gasteiger partial charge in [0.05, 0.1) is 23.2 Å². The Morgan fingerprint density at radius 3 is 2.67 bits per heavy atom. The third-order valence-corrected chi connectivity index (χ3v) is 5.61. The van der Waals surface area contributed by atoms with Gasteiger partial charge in [-0.25, -0.2) is 18.7 Å². The molecule has 1 N–H and O–H groups in total. The van der Waals surface area contributed by atoms with Crippen molar-refractivity contribution < 1.29 is 13.6 Å². The number of rotatable bonds is 5. The van der Waals surface area contributed by atoms with Crippen LogP contribution in [0.5, 0.6) is 0 Å². The van der Waals surface area contributed by atoms with E-state index in [-0.39, 0.29) is 11.7 Å². The Morgan fingerprint density at radius 1 is 1.17 bits per heavy atom. The molecule has 2 heterocycles. The van der Waals surface area contributed by atoms with Gasteiger partial charge in [-0.2, -0.15) is 0 Å². The molecule has 2 aromatic heterocycles. The van der Waals surface area contributed by atoms with Crippen LogP contribution in [0.15, 0.2) is 55.0 Å². The highest BCUT2D eigenvalue weighted by molar-refractivity contribution is 7.16. The Kier molecular flexibility index (Phi) is 5.61. The summed E-state index contributed by atoms with van der Waals surface area (Å²) in [5.41, 5.74) is 2.26. The van der Waals surface area contributed by atoms with Gasteiger partial charge in [0, 0.05) is 17.1 Å². The highest BCUT2D eigenvalue weighted by Crippen LogP contribution is 2.27. The van der Waals surface area contributed by atoms with Gasteiger partial charge in [0.2, 0.25) is 0 Å². The molecular weight excluding hydrogens is 430 g/mol. The zero-order chi connectivity index (χ0) is 21.3. The SMILES string of the molecule is Cc1nc(Cc2cc(F)cc(Cl)c2)sc1NC(=O)c1cncn1-c1ccc(F)cc1. The highest BCUT2D eigenvalue weighted by atomic mass is 35.5. The van der Waals surface area contributed by atoms with Crippen molar-refractivity contribution in [1.82, 2.24) is 14.5 Å². The minimum Gasteiger partial charge on any atom is -0.311 e. The Bertz CT molecular complexity index is 1200. The summed E-state index contributed by atoms with van der Waals surface area (Å²) in [7, 11) is 0. The van der Waals surface area contributed by atoms with Gasteiger partial charge in [-0.05, 0) is 55.0 Å². The zero-order valence-corrected chi connectivity index (χ0v) is 17.3. The van der Waals surface area contributed by atoms with Gasteiger partial charge in [-0.15, -0.1) is 11.3 Å². The molecule has 0 atom stereocenters. The van der Waals surface area contributed by atoms with E-state index >= 15 is 0 Å². The van der Waals surface area contributed by atoms with E-state index in [2.05, 4.69) is 15.3 Å². The second-order valence-corrected chi connectivity index (χ2v) is 8.08. The predicted octanol–water partition coefficient (Wildman–Crippen LogP) is 5.41. The summed E-state index contributed by atoms with van der Waals surface area (Å²) >= 11 is 7.22. The highest BCUT2D eigenvalue weighted by Gasteiger charge is 2.17. The van der Waals surface area contributed by atoms with E-state index in [4.69, 9.17) is 11.6 Å². The molecule has 9 heteroatoms. The fourth-order valence-corrected chi connectivity index (χ4v) is 4.21. The third kappa shape index (κ3) is 4.39. The number of hydrogen-bond donors (Lipinski definition) is 1. The first-order valence-electron chi connectivity index (χ1n) is 8.90. The van der Waals surface area contributed by atoms with Gasteiger partial charge in [0.25, 0.3) is 5.91 Å². The van der Waals surface area contributed by atoms with Crippen LogP contribution in [-0.2, 0) is 6.42 Å². The molecule has 0 radical (unpaired) electrons. The molecule has 2 aromatic carbocycles. The summed E-state index contributed by atoms with van der Waals surface area (Å²) in [5.74, 6) is -1.14. The van der Waals surface area contributed by atoms with Crippen LogP contribution in [0, 0.1) is 18.6 Å². The van der Waals surface area contributed by atoms with Gasteiger partial charge < -0.3 is 5.32 Å². The summed E-state index contributed by atoms with van der Waals surface area (Å²) in [4.78, 5) is 21.3. The molecule has 0 spiro atoms. The van der Waals surface area contributed by atoms with Crippen molar-refractivity contribution in [1.29, 1.82) is 0 Å². The summed E-state index contributed by atoms with van der Waals surface area (Å²) in [6.45, 7) is 1.78. The zero-order valence-electron chi connectivity index (χ0n) is 15.7. The molecule has 4 rings (SSSR count). The molecule has 30 heavy (non-hydrogen) atoms. The normalized spacial score (nSPS) is 10.9. The van der Waals surface area contributed by atoms with Gasteiger partial charge in [0.15, 0.2) is 0 Å². The van der Waals surface area contributed by atoms with Crippen LogP contribution < -0.4 is 5.32 Å². The first-order chi connectivity index (χ1) is 14.4. The van der Waals surface area contributed by atoms with Crippen LogP contribution in [0.3, 0.4) is 0 Å². The van der Waals surface area contributed by atoms with Crippen molar-refractivity contribution in [2.45, 2.75) is 13.3 Å². The lowest BCUT2D eigenvalue weighted by Gasteiger charge is -2.08. The first kappa shape index (κ1) is 20.2. The van der Waals surface area contributed by atoms with Gasteiger partial charge >= 0.3 is 0 Å². The number of carbonyl (C=O) groups excluding carboxylic acids is 1. The van der Waals surface area contributed by atoms with Gasteiger partial charge in [0.1, 0.15) is 22.3 Å². The standard InChI is InChI=1S/C21H15ClF2N4OS/c1-12-21(30-19(26-12)8-13-6-14(22)9-16(24)7-13)27-20(29)18-10-25-11-28(18)17-4-2-15(23)3-5-17/h2-7,9-11H,8H2,1H3,(H,27,29). The number of nitrogens with zero attached hydrogens (tertiary/aromatic N) is 3. The second-order valence-electron chi connectivity index (χ2n) is 6.56. The molecule has 4 aromatic rings. The monoisotopic (exact) mass is 444 g/mol. The molecule has 0 saturated heterocycles. The Labute approximate surface area is 180 Å². The van der Waals surface area contributed by atoms with Crippen molar-refractivity contribution in [2.75, 3.05) is 5.32 Å². The molecular formula is C21H15ClF2N4OS. The van der Waals surface area contributed by atoms with Crippen LogP contribution >= 0.6 is 22.9 Å². The van der Waals surface area contributed by atoms with Crippen molar-refractivity contribution in [3.8, 4) is 5.69 Å². The number of imidazole rings is 1. The van der Waals surface area contributed by atoms with E-state index in [0.29, 0.717) is 39.1 Å². The number of benzene rings is 2. The average Bonchev–Trinajstić information content (AvgIpc) is 3.29. The third-order valence-electron chi connectivity index (χ3n) is 4.32. The van der Waals surface area contributed by atoms with Crippen LogP contribution in [-0.4, -0.2) is 20.4 Å². The fraction of sp³-hybridized carbons (Fsp3) is 0.0952. The molecule has 0 unspecified atom stereocenters. The lowest BCUT2D eigenvalue weighted by atomic mass is 10.1. The van der Waals surface area contributed by atoms with Crippen LogP contribution in [0.2, 0.25) is 5.02 Å². The topological polar surface area (TPSA) is 59.8 Å². The van der Waals surface area contributed by atoms with E-state index < -0.39 is 5.82 Å². The first-order valence-corrected chi connectivity index (χ1v) is 10.1. The molecule has 0 saturated carbocycles. The number of amides is 1. The maximum atomic E-state index is 13.6. The molecule has 0 aliphatic rings. The maximum absolute atomic E-state index is 13.6. The van der Waals surface area contributed by atoms with Gasteiger partial charge in [-0.1, -0.05) is 11.6 Å². The Morgan fingerprint density at radius 2 is 1.93 bits per heavy atom. The van der Waals surface area contributed by atoms with Crippen LogP contribution in [0.1, 0.15) is 26.8 Å². The van der Waals surface area contributed by atoms with E-state index in [0.717, 1.165) is 5.01 Å². The molecule has 0 aliphatic carbocycles. The summed E-state index contributed by atoms with van der Waals surface area (Å²) < 4.78 is 28.3. The van der Waals surface area contributed by atoms with Gasteiger partial charge in [-0.3, -0.25) is 9.36 Å². The minimum atomic E-state index is -0.409. The van der Waals surface area contributed by atoms with Crippen molar-refractivity contribution in [2.24, 2.45) is 0 Å². The summed E-state index contributed by atoms with van der Waals surface area (Å²) in [6.07, 6.45) is 3.32. The Balaban J connectivity index is 1.53. The number of nitrogens with one attached hydrogen (secondary N) is 1. The number of anilines is 1. The molecule has 0 aliphatic heterocycles. The lowest BCUT2D eigenvalue weighted by molar-refractivity contribution is 0.102. The molecule has 5 nitrogen and oxygen atoms in total. The Hall–Kier alpha value is -3.10. The van der Waals surface area contributed by atoms with E-state index in [1.165, 1.54) is 48.1 Å². The number of thiazole rings is 1. The lowest BCUT2D eigenvalue weighted by Crippen LogP contribution is -2.15. The smallest absolute Gasteiger partial charge is 0.274 e. The number of hydrogen-bond acceptors (Lipinski definition) is 4. The fourth-order valence-electron chi connectivity index (χ4n) is 2.97. The van der Waals surface area contributed by atoms with E-state index in [1.807, 2.05) is 0 Å². The molecule has 0 bridgehead atoms. The minimum absolute atomic E-state index is 0.299. The largest absolute Gasteiger partial charge is 0.311 e. The molecule has 152 valence electrons. The van der Waals surface area contributed by atoms with Crippen molar-refractivity contribution >= 4 is 33.8 Å². The van der Waals surface area contributed by atoms with E-state index in [1.54, 1.807) is 29.7 Å². The van der Waals surface area contributed by atoms with Crippen molar-refractivity contribution in [3.63, 3.8) is 0 Å². The van der Waals surface area contributed by atoms with E-state index in [9.17, 15) is 13.6 Å². The van der Waals surface area contributed by atoms with Crippen molar-refractivity contribution in [3.05, 3.63) is 93.6 Å². The van der Waals surface area contributed by atoms with Crippen LogP contribution in [0.25, 0.3) is 5.69 Å². The predicted molar refractivity (Wildman–Crippen MR) is 113 cm³/mol. The number of aromatic nitrogens is 3. The maximum Gasteiger partial charge on any atom is 0.274 e. The summed E-state index contributed by atoms with van der Waals surface area (Å²) in [6, 6.07) is 10.1. The molecule has 0 fully saturated rings. The average molecular weight is 445 g/mol. The quantitative estimate of drug-likeness (QED) is 0.447. The second kappa shape index (κ2) is 8.33. The number of halogens is 3. The molecule has 1 amide bonds. The number of carbonyl (C=O) groups is 1. The summed E-state index contributed by atoms with van der Waals surface area (Å²) in [5, 5.41) is 4.47.